The molecule has 134 valence electrons. The van der Waals surface area contributed by atoms with Gasteiger partial charge in [-0.1, -0.05) is 26.0 Å². The number of fused-ring (bicyclic) bond motifs is 1. The normalized spacial score (nSPS) is 17.0. The van der Waals surface area contributed by atoms with Crippen molar-refractivity contribution in [3.63, 3.8) is 0 Å². The van der Waals surface area contributed by atoms with Gasteiger partial charge in [0.25, 0.3) is 0 Å². The fraction of sp³-hybridized carbons (Fsp3) is 0.611. The molecular formula is C18H30N4O2. The van der Waals surface area contributed by atoms with Gasteiger partial charge in [0, 0.05) is 19.6 Å². The molecule has 0 amide bonds. The lowest BCUT2D eigenvalue weighted by molar-refractivity contribution is 0.0971. The molecule has 24 heavy (non-hydrogen) atoms. The van der Waals surface area contributed by atoms with Crippen molar-refractivity contribution in [2.24, 2.45) is 4.99 Å². The molecule has 1 unspecified atom stereocenters. The third-order valence-corrected chi connectivity index (χ3v) is 3.98. The number of rotatable bonds is 8. The molecule has 1 atom stereocenters. The average molecular weight is 334 g/mol. The fourth-order valence-electron chi connectivity index (χ4n) is 2.56. The molecule has 0 aromatic heterocycles. The fourth-order valence-corrected chi connectivity index (χ4v) is 2.56. The summed E-state index contributed by atoms with van der Waals surface area (Å²) in [5, 5.41) is 6.65. The summed E-state index contributed by atoms with van der Waals surface area (Å²) in [6.07, 6.45) is -0.0573. The number of para-hydroxylation sites is 2. The van der Waals surface area contributed by atoms with Gasteiger partial charge in [0.05, 0.1) is 6.54 Å². The Hall–Kier alpha value is -1.95. The molecule has 1 aromatic rings. The standard InChI is InChI=1S/C18H30N4O2/c1-4-19-18(20-11-12-22(5-2)6-3)21-13-15-14-23-16-9-7-8-10-17(16)24-15/h7-10,15H,4-6,11-14H2,1-3H3,(H2,19,20,21). The molecular weight excluding hydrogens is 304 g/mol. The first-order valence-corrected chi connectivity index (χ1v) is 8.89. The summed E-state index contributed by atoms with van der Waals surface area (Å²) in [7, 11) is 0. The molecule has 0 saturated heterocycles. The van der Waals surface area contributed by atoms with Crippen molar-refractivity contribution in [2.45, 2.75) is 26.9 Å². The largest absolute Gasteiger partial charge is 0.486 e. The highest BCUT2D eigenvalue weighted by molar-refractivity contribution is 5.79. The van der Waals surface area contributed by atoms with Gasteiger partial charge in [-0.15, -0.1) is 0 Å². The number of aliphatic imine (C=N–C) groups is 1. The molecule has 2 N–H and O–H groups in total. The van der Waals surface area contributed by atoms with Crippen LogP contribution in [0.15, 0.2) is 29.3 Å². The third kappa shape index (κ3) is 5.60. The predicted molar refractivity (Wildman–Crippen MR) is 98.1 cm³/mol. The predicted octanol–water partition coefficient (Wildman–Crippen LogP) is 1.72. The van der Waals surface area contributed by atoms with E-state index in [-0.39, 0.29) is 6.10 Å². The van der Waals surface area contributed by atoms with E-state index in [1.54, 1.807) is 0 Å². The Morgan fingerprint density at radius 3 is 2.62 bits per heavy atom. The Morgan fingerprint density at radius 1 is 1.17 bits per heavy atom. The highest BCUT2D eigenvalue weighted by atomic mass is 16.6. The molecule has 0 aliphatic carbocycles. The van der Waals surface area contributed by atoms with Crippen LogP contribution >= 0.6 is 0 Å². The smallest absolute Gasteiger partial charge is 0.191 e. The van der Waals surface area contributed by atoms with E-state index in [9.17, 15) is 0 Å². The minimum absolute atomic E-state index is 0.0573. The Labute approximate surface area is 145 Å². The monoisotopic (exact) mass is 334 g/mol. The van der Waals surface area contributed by atoms with Gasteiger partial charge < -0.3 is 25.0 Å². The summed E-state index contributed by atoms with van der Waals surface area (Å²) in [5.41, 5.74) is 0. The van der Waals surface area contributed by atoms with Crippen LogP contribution in [0.4, 0.5) is 0 Å². The first-order valence-electron chi connectivity index (χ1n) is 8.89. The first kappa shape index (κ1) is 18.4. The summed E-state index contributed by atoms with van der Waals surface area (Å²) in [6, 6.07) is 7.75. The van der Waals surface area contributed by atoms with Crippen LogP contribution in [0.25, 0.3) is 0 Å². The van der Waals surface area contributed by atoms with Crippen LogP contribution in [0.2, 0.25) is 0 Å². The van der Waals surface area contributed by atoms with Crippen molar-refractivity contribution in [3.05, 3.63) is 24.3 Å². The molecule has 0 bridgehead atoms. The molecule has 6 heteroatoms. The van der Waals surface area contributed by atoms with Crippen molar-refractivity contribution in [1.82, 2.24) is 15.5 Å². The van der Waals surface area contributed by atoms with Gasteiger partial charge in [-0.2, -0.15) is 0 Å². The molecule has 0 saturated carbocycles. The Balaban J connectivity index is 1.82. The lowest BCUT2D eigenvalue weighted by Crippen LogP contribution is -2.42. The van der Waals surface area contributed by atoms with Gasteiger partial charge in [0.15, 0.2) is 23.6 Å². The van der Waals surface area contributed by atoms with Gasteiger partial charge in [0.1, 0.15) is 6.61 Å². The number of hydrogen-bond donors (Lipinski definition) is 2. The minimum atomic E-state index is -0.0573. The van der Waals surface area contributed by atoms with E-state index in [2.05, 4.69) is 41.3 Å². The summed E-state index contributed by atoms with van der Waals surface area (Å²) in [6.45, 7) is 12.4. The second-order valence-corrected chi connectivity index (χ2v) is 5.67. The summed E-state index contributed by atoms with van der Waals surface area (Å²) >= 11 is 0. The third-order valence-electron chi connectivity index (χ3n) is 3.98. The van der Waals surface area contributed by atoms with E-state index in [0.29, 0.717) is 13.2 Å². The maximum absolute atomic E-state index is 5.94. The van der Waals surface area contributed by atoms with E-state index in [1.165, 1.54) is 0 Å². The summed E-state index contributed by atoms with van der Waals surface area (Å²) < 4.78 is 11.7. The molecule has 0 spiro atoms. The van der Waals surface area contributed by atoms with Gasteiger partial charge >= 0.3 is 0 Å². The maximum Gasteiger partial charge on any atom is 0.191 e. The summed E-state index contributed by atoms with van der Waals surface area (Å²) in [5.74, 6) is 2.43. The molecule has 1 heterocycles. The van der Waals surface area contributed by atoms with E-state index in [1.807, 2.05) is 24.3 Å². The van der Waals surface area contributed by atoms with Gasteiger partial charge in [-0.25, -0.2) is 4.99 Å². The number of likely N-dealkylation sites (N-methyl/N-ethyl adjacent to an activating group) is 1. The van der Waals surface area contributed by atoms with Crippen LogP contribution in [-0.2, 0) is 0 Å². The topological polar surface area (TPSA) is 58.1 Å². The Morgan fingerprint density at radius 2 is 1.92 bits per heavy atom. The summed E-state index contributed by atoms with van der Waals surface area (Å²) in [4.78, 5) is 7.01. The van der Waals surface area contributed by atoms with E-state index in [4.69, 9.17) is 9.47 Å². The number of nitrogens with one attached hydrogen (secondary N) is 2. The first-order chi connectivity index (χ1) is 11.8. The van der Waals surface area contributed by atoms with Crippen molar-refractivity contribution in [3.8, 4) is 11.5 Å². The lowest BCUT2D eigenvalue weighted by atomic mass is 10.2. The van der Waals surface area contributed by atoms with Crippen LogP contribution in [0, 0.1) is 0 Å². The van der Waals surface area contributed by atoms with Crippen LogP contribution in [-0.4, -0.2) is 62.8 Å². The number of hydrogen-bond acceptors (Lipinski definition) is 4. The quantitative estimate of drug-likeness (QED) is 0.560. The Kier molecular flexibility index (Phi) is 7.68. The van der Waals surface area contributed by atoms with Crippen LogP contribution in [0.5, 0.6) is 11.5 Å². The van der Waals surface area contributed by atoms with Crippen molar-refractivity contribution >= 4 is 5.96 Å². The van der Waals surface area contributed by atoms with E-state index >= 15 is 0 Å². The molecule has 0 radical (unpaired) electrons. The van der Waals surface area contributed by atoms with Crippen molar-refractivity contribution < 1.29 is 9.47 Å². The highest BCUT2D eigenvalue weighted by Gasteiger charge is 2.20. The van der Waals surface area contributed by atoms with Gasteiger partial charge in [0.2, 0.25) is 0 Å². The number of ether oxygens (including phenoxy) is 2. The second kappa shape index (κ2) is 10.0. The lowest BCUT2D eigenvalue weighted by Gasteiger charge is -2.25. The molecule has 1 aromatic carbocycles. The van der Waals surface area contributed by atoms with Gasteiger partial charge in [-0.3, -0.25) is 0 Å². The average Bonchev–Trinajstić information content (AvgIpc) is 2.63. The van der Waals surface area contributed by atoms with Gasteiger partial charge in [-0.05, 0) is 32.1 Å². The number of guanidine groups is 1. The van der Waals surface area contributed by atoms with Crippen molar-refractivity contribution in [2.75, 3.05) is 45.9 Å². The van der Waals surface area contributed by atoms with E-state index in [0.717, 1.165) is 50.2 Å². The maximum atomic E-state index is 5.94. The molecule has 0 fully saturated rings. The highest BCUT2D eigenvalue weighted by Crippen LogP contribution is 2.30. The zero-order valence-electron chi connectivity index (χ0n) is 15.0. The number of nitrogens with zero attached hydrogens (tertiary/aromatic N) is 2. The van der Waals surface area contributed by atoms with Crippen LogP contribution < -0.4 is 20.1 Å². The zero-order chi connectivity index (χ0) is 17.2. The molecule has 2 rings (SSSR count). The minimum Gasteiger partial charge on any atom is -0.486 e. The molecule has 1 aliphatic heterocycles. The van der Waals surface area contributed by atoms with Crippen LogP contribution in [0.1, 0.15) is 20.8 Å². The number of benzene rings is 1. The molecule has 6 nitrogen and oxygen atoms in total. The molecule has 1 aliphatic rings. The second-order valence-electron chi connectivity index (χ2n) is 5.67. The SMILES string of the molecule is CCNC(=NCC1COc2ccccc2O1)NCCN(CC)CC. The Bertz CT molecular complexity index is 517. The zero-order valence-corrected chi connectivity index (χ0v) is 15.0. The van der Waals surface area contributed by atoms with Crippen LogP contribution in [0.3, 0.4) is 0 Å². The van der Waals surface area contributed by atoms with Crippen molar-refractivity contribution in [1.29, 1.82) is 0 Å². The van der Waals surface area contributed by atoms with E-state index < -0.39 is 0 Å².